The van der Waals surface area contributed by atoms with Crippen LogP contribution in [-0.2, 0) is 13.0 Å². The molecule has 24 heavy (non-hydrogen) atoms. The predicted octanol–water partition coefficient (Wildman–Crippen LogP) is 2.53. The highest BCUT2D eigenvalue weighted by Gasteiger charge is 2.25. The molecule has 1 N–H and O–H groups in total. The Bertz CT molecular complexity index is 944. The number of benzene rings is 1. The van der Waals surface area contributed by atoms with Crippen LogP contribution in [0.4, 0.5) is 4.39 Å². The molecule has 1 amide bonds. The summed E-state index contributed by atoms with van der Waals surface area (Å²) in [5.74, 6) is 1.42. The molecule has 0 radical (unpaired) electrons. The van der Waals surface area contributed by atoms with Crippen LogP contribution < -0.4 is 5.32 Å². The highest BCUT2D eigenvalue weighted by molar-refractivity contribution is 5.99. The van der Waals surface area contributed by atoms with Crippen LogP contribution >= 0.6 is 0 Å². The molecule has 7 heteroatoms. The Morgan fingerprint density at radius 3 is 3.04 bits per heavy atom. The summed E-state index contributed by atoms with van der Waals surface area (Å²) in [6.07, 6.45) is 1.58. The van der Waals surface area contributed by atoms with Gasteiger partial charge in [-0.2, -0.15) is 0 Å². The number of rotatable bonds is 2. The average molecular weight is 328 g/mol. The summed E-state index contributed by atoms with van der Waals surface area (Å²) in [6, 6.07) is 4.24. The third-order valence-corrected chi connectivity index (χ3v) is 4.57. The number of hydrogen-bond donors (Lipinski definition) is 1. The molecule has 4 rings (SSSR count). The first-order valence-corrected chi connectivity index (χ1v) is 7.91. The number of furan rings is 1. The highest BCUT2D eigenvalue weighted by atomic mass is 19.1. The predicted molar refractivity (Wildman–Crippen MR) is 85.2 cm³/mol. The zero-order valence-corrected chi connectivity index (χ0v) is 13.5. The molecule has 124 valence electrons. The van der Waals surface area contributed by atoms with Gasteiger partial charge >= 0.3 is 0 Å². The summed E-state index contributed by atoms with van der Waals surface area (Å²) in [5, 5.41) is 11.8. The zero-order chi connectivity index (χ0) is 16.8. The van der Waals surface area contributed by atoms with E-state index in [1.165, 1.54) is 12.1 Å². The van der Waals surface area contributed by atoms with Crippen LogP contribution in [0, 0.1) is 19.7 Å². The van der Waals surface area contributed by atoms with E-state index in [1.54, 1.807) is 13.0 Å². The van der Waals surface area contributed by atoms with Crippen LogP contribution in [-0.4, -0.2) is 26.7 Å². The van der Waals surface area contributed by atoms with Gasteiger partial charge < -0.3 is 14.3 Å². The molecule has 0 unspecified atom stereocenters. The van der Waals surface area contributed by atoms with Crippen molar-refractivity contribution in [3.63, 3.8) is 0 Å². The molecule has 2 aromatic heterocycles. The summed E-state index contributed by atoms with van der Waals surface area (Å²) < 4.78 is 21.0. The Morgan fingerprint density at radius 1 is 1.38 bits per heavy atom. The first kappa shape index (κ1) is 14.9. The lowest BCUT2D eigenvalue weighted by atomic mass is 10.1. The molecule has 0 saturated heterocycles. The van der Waals surface area contributed by atoms with Crippen LogP contribution in [0.5, 0.6) is 0 Å². The van der Waals surface area contributed by atoms with Crippen LogP contribution in [0.2, 0.25) is 0 Å². The van der Waals surface area contributed by atoms with Gasteiger partial charge in [0.05, 0.1) is 0 Å². The lowest BCUT2D eigenvalue weighted by molar-refractivity contribution is 0.0900. The van der Waals surface area contributed by atoms with Gasteiger partial charge in [0.15, 0.2) is 5.76 Å². The second-order valence-electron chi connectivity index (χ2n) is 6.18. The third kappa shape index (κ3) is 2.36. The van der Waals surface area contributed by atoms with E-state index in [0.717, 1.165) is 24.5 Å². The maximum Gasteiger partial charge on any atom is 0.287 e. The summed E-state index contributed by atoms with van der Waals surface area (Å²) in [4.78, 5) is 12.6. The molecule has 6 nitrogen and oxygen atoms in total. The van der Waals surface area contributed by atoms with E-state index in [9.17, 15) is 9.18 Å². The fraction of sp³-hybridized carbons (Fsp3) is 0.353. The average Bonchev–Trinajstić information content (AvgIpc) is 3.09. The maximum absolute atomic E-state index is 13.4. The van der Waals surface area contributed by atoms with E-state index in [2.05, 4.69) is 15.5 Å². The van der Waals surface area contributed by atoms with Crippen molar-refractivity contribution < 1.29 is 13.6 Å². The van der Waals surface area contributed by atoms with Crippen molar-refractivity contribution >= 4 is 16.9 Å². The normalized spacial score (nSPS) is 17.0. The Hall–Kier alpha value is -2.70. The Labute approximate surface area is 137 Å². The molecule has 1 aliphatic rings. The quantitative estimate of drug-likeness (QED) is 0.784. The Balaban J connectivity index is 1.57. The van der Waals surface area contributed by atoms with Crippen LogP contribution in [0.1, 0.15) is 34.2 Å². The van der Waals surface area contributed by atoms with E-state index in [-0.39, 0.29) is 23.5 Å². The number of carbonyl (C=O) groups is 1. The monoisotopic (exact) mass is 328 g/mol. The largest absolute Gasteiger partial charge is 0.451 e. The number of fused-ring (bicyclic) bond motifs is 2. The number of aryl methyl sites for hydroxylation is 3. The van der Waals surface area contributed by atoms with Gasteiger partial charge in [0.25, 0.3) is 5.91 Å². The zero-order valence-electron chi connectivity index (χ0n) is 13.5. The Morgan fingerprint density at radius 2 is 2.21 bits per heavy atom. The van der Waals surface area contributed by atoms with Gasteiger partial charge in [0, 0.05) is 30.0 Å². The van der Waals surface area contributed by atoms with Crippen molar-refractivity contribution in [1.82, 2.24) is 20.1 Å². The molecular weight excluding hydrogens is 311 g/mol. The smallest absolute Gasteiger partial charge is 0.287 e. The lowest BCUT2D eigenvalue weighted by Gasteiger charge is -2.24. The van der Waals surface area contributed by atoms with Crippen molar-refractivity contribution in [2.24, 2.45) is 0 Å². The summed E-state index contributed by atoms with van der Waals surface area (Å²) in [5.41, 5.74) is 1.17. The molecule has 3 heterocycles. The second kappa shape index (κ2) is 5.43. The molecule has 3 aromatic rings. The number of nitrogens with one attached hydrogen (secondary N) is 1. The summed E-state index contributed by atoms with van der Waals surface area (Å²) in [7, 11) is 0. The van der Waals surface area contributed by atoms with Gasteiger partial charge in [-0.05, 0) is 38.5 Å². The highest BCUT2D eigenvalue weighted by Crippen LogP contribution is 2.26. The lowest BCUT2D eigenvalue weighted by Crippen LogP contribution is -2.41. The number of nitrogens with zero attached hydrogens (tertiary/aromatic N) is 3. The molecular formula is C17H17FN4O2. The molecule has 0 spiro atoms. The van der Waals surface area contributed by atoms with Gasteiger partial charge in [0.1, 0.15) is 23.0 Å². The van der Waals surface area contributed by atoms with Crippen molar-refractivity contribution in [3.05, 3.63) is 47.0 Å². The van der Waals surface area contributed by atoms with Gasteiger partial charge in [0.2, 0.25) is 0 Å². The number of halogens is 1. The van der Waals surface area contributed by atoms with Crippen molar-refractivity contribution in [3.8, 4) is 0 Å². The second-order valence-corrected chi connectivity index (χ2v) is 6.18. The van der Waals surface area contributed by atoms with E-state index in [0.29, 0.717) is 23.1 Å². The van der Waals surface area contributed by atoms with Crippen molar-refractivity contribution in [1.29, 1.82) is 0 Å². The minimum absolute atomic E-state index is 0.0101. The van der Waals surface area contributed by atoms with Crippen LogP contribution in [0.25, 0.3) is 11.0 Å². The van der Waals surface area contributed by atoms with E-state index in [4.69, 9.17) is 4.42 Å². The molecule has 1 aromatic carbocycles. The number of carbonyl (C=O) groups excluding carboxylic acids is 1. The van der Waals surface area contributed by atoms with E-state index in [1.807, 2.05) is 11.5 Å². The van der Waals surface area contributed by atoms with Gasteiger partial charge in [-0.15, -0.1) is 10.2 Å². The molecule has 1 aliphatic heterocycles. The number of hydrogen-bond acceptors (Lipinski definition) is 4. The number of aromatic nitrogens is 3. The summed E-state index contributed by atoms with van der Waals surface area (Å²) >= 11 is 0. The third-order valence-electron chi connectivity index (χ3n) is 4.57. The fourth-order valence-electron chi connectivity index (χ4n) is 3.24. The van der Waals surface area contributed by atoms with Crippen molar-refractivity contribution in [2.45, 2.75) is 39.3 Å². The maximum atomic E-state index is 13.4. The standard InChI is InChI=1S/C17H17FN4O2/c1-9-13-7-11(18)3-5-14(13)24-16(9)17(23)19-12-4-6-15-21-20-10(2)22(15)8-12/h3,5,7,12H,4,6,8H2,1-2H3,(H,19,23)/t12-/m0/s1. The van der Waals surface area contributed by atoms with Gasteiger partial charge in [-0.3, -0.25) is 4.79 Å². The number of amides is 1. The SMILES string of the molecule is Cc1c(C(=O)N[C@H]2CCc3nnc(C)n3C2)oc2ccc(F)cc12. The molecule has 0 aliphatic carbocycles. The molecule has 0 saturated carbocycles. The minimum atomic E-state index is -0.346. The topological polar surface area (TPSA) is 73.0 Å². The Kier molecular flexibility index (Phi) is 3.37. The van der Waals surface area contributed by atoms with Crippen LogP contribution in [0.3, 0.4) is 0 Å². The first-order chi connectivity index (χ1) is 11.5. The first-order valence-electron chi connectivity index (χ1n) is 7.91. The van der Waals surface area contributed by atoms with E-state index < -0.39 is 0 Å². The molecule has 0 bridgehead atoms. The molecule has 0 fully saturated rings. The van der Waals surface area contributed by atoms with Gasteiger partial charge in [-0.25, -0.2) is 4.39 Å². The van der Waals surface area contributed by atoms with Gasteiger partial charge in [-0.1, -0.05) is 0 Å². The summed E-state index contributed by atoms with van der Waals surface area (Å²) in [6.45, 7) is 4.32. The van der Waals surface area contributed by atoms with E-state index >= 15 is 0 Å². The van der Waals surface area contributed by atoms with Crippen molar-refractivity contribution in [2.75, 3.05) is 0 Å². The van der Waals surface area contributed by atoms with Crippen LogP contribution in [0.15, 0.2) is 22.6 Å². The molecule has 1 atom stereocenters. The fourth-order valence-corrected chi connectivity index (χ4v) is 3.24. The minimum Gasteiger partial charge on any atom is -0.451 e.